The second-order valence-corrected chi connectivity index (χ2v) is 5.50. The quantitative estimate of drug-likeness (QED) is 0.786. The van der Waals surface area contributed by atoms with Gasteiger partial charge in [-0.2, -0.15) is 0 Å². The van der Waals surface area contributed by atoms with Crippen molar-refractivity contribution >= 4 is 17.1 Å². The van der Waals surface area contributed by atoms with Crippen LogP contribution < -0.4 is 0 Å². The van der Waals surface area contributed by atoms with Gasteiger partial charge in [0.25, 0.3) is 0 Å². The van der Waals surface area contributed by atoms with Gasteiger partial charge in [0, 0.05) is 5.57 Å². The van der Waals surface area contributed by atoms with Gasteiger partial charge in [0.15, 0.2) is 6.23 Å². The Morgan fingerprint density at radius 3 is 1.91 bits per heavy atom. The summed E-state index contributed by atoms with van der Waals surface area (Å²) in [4.78, 5) is 14.8. The van der Waals surface area contributed by atoms with Crippen LogP contribution in [0.25, 0.3) is 11.1 Å². The average molecular weight is 307 g/mol. The molecular weight excluding hydrogens is 286 g/mol. The Balaban J connectivity index is 2.19. The molecule has 0 bridgehead atoms. The van der Waals surface area contributed by atoms with E-state index in [9.17, 15) is 4.79 Å². The number of hydrogen-bond acceptors (Lipinski definition) is 3. The fourth-order valence-electron chi connectivity index (χ4n) is 3.05. The second-order valence-electron chi connectivity index (χ2n) is 5.50. The highest BCUT2D eigenvalue weighted by molar-refractivity contribution is 6.27. The third-order valence-electron chi connectivity index (χ3n) is 4.23. The third-order valence-corrected chi connectivity index (χ3v) is 4.23. The van der Waals surface area contributed by atoms with Gasteiger partial charge in [-0.15, -0.1) is 0 Å². The first-order chi connectivity index (χ1) is 11.3. The molecule has 118 valence electrons. The molecule has 0 aliphatic carbocycles. The average Bonchev–Trinajstić information content (AvgIpc) is 2.95. The van der Waals surface area contributed by atoms with Crippen LogP contribution in [0.4, 0.5) is 0 Å². The molecule has 0 radical (unpaired) electrons. The van der Waals surface area contributed by atoms with E-state index in [-0.39, 0.29) is 12.2 Å². The van der Waals surface area contributed by atoms with Crippen LogP contribution in [-0.4, -0.2) is 30.2 Å². The molecule has 1 aliphatic heterocycles. The Morgan fingerprint density at radius 2 is 1.39 bits per heavy atom. The number of carbonyl (C=O) groups excluding carboxylic acids is 1. The third kappa shape index (κ3) is 2.92. The minimum absolute atomic E-state index is 0.244. The molecule has 1 aliphatic rings. The lowest BCUT2D eigenvalue weighted by Gasteiger charge is -2.27. The van der Waals surface area contributed by atoms with Gasteiger partial charge >= 0.3 is 5.97 Å². The van der Waals surface area contributed by atoms with Crippen molar-refractivity contribution < 1.29 is 9.53 Å². The molecule has 3 nitrogen and oxygen atoms in total. The van der Waals surface area contributed by atoms with Crippen molar-refractivity contribution in [3.05, 3.63) is 71.8 Å². The Bertz CT molecular complexity index is 703. The van der Waals surface area contributed by atoms with Crippen molar-refractivity contribution in [3.8, 4) is 0 Å². The number of cyclic esters (lactones) is 1. The first kappa shape index (κ1) is 15.5. The van der Waals surface area contributed by atoms with E-state index in [1.807, 2.05) is 60.7 Å². The summed E-state index contributed by atoms with van der Waals surface area (Å²) in [5.41, 5.74) is 3.58. The molecule has 2 aromatic rings. The number of likely N-dealkylation sites (N-methyl/N-ethyl adjacent to an activating group) is 1. The molecule has 0 N–H and O–H groups in total. The summed E-state index contributed by atoms with van der Waals surface area (Å²) in [6.45, 7) is 5.82. The maximum absolute atomic E-state index is 12.6. The minimum Gasteiger partial charge on any atom is -0.438 e. The highest BCUT2D eigenvalue weighted by atomic mass is 16.6. The van der Waals surface area contributed by atoms with Crippen LogP contribution in [0.3, 0.4) is 0 Å². The fourth-order valence-corrected chi connectivity index (χ4v) is 3.05. The number of rotatable bonds is 5. The van der Waals surface area contributed by atoms with Crippen LogP contribution in [0.5, 0.6) is 0 Å². The van der Waals surface area contributed by atoms with Crippen LogP contribution in [0.1, 0.15) is 25.0 Å². The molecule has 0 fully saturated rings. The van der Waals surface area contributed by atoms with Crippen LogP contribution in [0, 0.1) is 0 Å². The molecule has 0 saturated heterocycles. The Kier molecular flexibility index (Phi) is 4.58. The smallest absolute Gasteiger partial charge is 0.341 e. The molecule has 3 heteroatoms. The number of hydrogen-bond donors (Lipinski definition) is 0. The van der Waals surface area contributed by atoms with E-state index in [0.717, 1.165) is 29.8 Å². The number of esters is 1. The Morgan fingerprint density at radius 1 is 0.870 bits per heavy atom. The number of ether oxygens (including phenoxy) is 1. The summed E-state index contributed by atoms with van der Waals surface area (Å²) in [7, 11) is 0. The maximum Gasteiger partial charge on any atom is 0.341 e. The minimum atomic E-state index is -0.324. The van der Waals surface area contributed by atoms with Gasteiger partial charge in [-0.3, -0.25) is 4.90 Å². The summed E-state index contributed by atoms with van der Waals surface area (Å²) in [6, 6.07) is 19.8. The Labute approximate surface area is 137 Å². The lowest BCUT2D eigenvalue weighted by atomic mass is 9.95. The van der Waals surface area contributed by atoms with Crippen molar-refractivity contribution in [2.75, 3.05) is 13.1 Å². The second kappa shape index (κ2) is 6.80. The van der Waals surface area contributed by atoms with E-state index in [1.54, 1.807) is 0 Å². The molecule has 1 heterocycles. The summed E-state index contributed by atoms with van der Waals surface area (Å²) in [5.74, 6) is -0.244. The first-order valence-electron chi connectivity index (χ1n) is 8.06. The van der Waals surface area contributed by atoms with E-state index in [2.05, 4.69) is 18.7 Å². The summed E-state index contributed by atoms with van der Waals surface area (Å²) in [6.07, 6.45) is -0.324. The van der Waals surface area contributed by atoms with Crippen molar-refractivity contribution in [3.63, 3.8) is 0 Å². The van der Waals surface area contributed by atoms with Gasteiger partial charge in [0.1, 0.15) is 0 Å². The molecule has 0 spiro atoms. The van der Waals surface area contributed by atoms with Crippen LogP contribution in [0.15, 0.2) is 60.7 Å². The zero-order chi connectivity index (χ0) is 16.2. The summed E-state index contributed by atoms with van der Waals surface area (Å²) in [5, 5.41) is 0. The largest absolute Gasteiger partial charge is 0.438 e. The lowest BCUT2D eigenvalue weighted by Crippen LogP contribution is -2.36. The molecule has 0 aromatic heterocycles. The summed E-state index contributed by atoms with van der Waals surface area (Å²) < 4.78 is 5.75. The van der Waals surface area contributed by atoms with Crippen molar-refractivity contribution in [1.82, 2.24) is 4.90 Å². The topological polar surface area (TPSA) is 29.5 Å². The molecule has 1 unspecified atom stereocenters. The van der Waals surface area contributed by atoms with Gasteiger partial charge in [0.05, 0.1) is 5.57 Å². The van der Waals surface area contributed by atoms with Crippen LogP contribution in [0.2, 0.25) is 0 Å². The van der Waals surface area contributed by atoms with Gasteiger partial charge in [-0.1, -0.05) is 74.5 Å². The molecule has 0 amide bonds. The van der Waals surface area contributed by atoms with Crippen LogP contribution in [-0.2, 0) is 9.53 Å². The molecular formula is C20H21NO2. The molecule has 1 atom stereocenters. The monoisotopic (exact) mass is 307 g/mol. The predicted molar refractivity (Wildman–Crippen MR) is 92.5 cm³/mol. The maximum atomic E-state index is 12.6. The standard InChI is InChI=1S/C20H21NO2/c1-3-21(4-2)19-17(15-11-7-5-8-12-15)18(20(22)23-19)16-13-9-6-10-14-16/h5-14,19H,3-4H2,1-2H3. The van der Waals surface area contributed by atoms with E-state index in [0.29, 0.717) is 5.57 Å². The highest BCUT2D eigenvalue weighted by Gasteiger charge is 2.38. The molecule has 3 rings (SSSR count). The normalized spacial score (nSPS) is 17.7. The zero-order valence-corrected chi connectivity index (χ0v) is 13.5. The van der Waals surface area contributed by atoms with Crippen LogP contribution >= 0.6 is 0 Å². The molecule has 2 aromatic carbocycles. The fraction of sp³-hybridized carbons (Fsp3) is 0.250. The van der Waals surface area contributed by atoms with Gasteiger partial charge in [-0.05, 0) is 24.2 Å². The SMILES string of the molecule is CCN(CC)C1OC(=O)C(c2ccccc2)=C1c1ccccc1. The summed E-state index contributed by atoms with van der Waals surface area (Å²) >= 11 is 0. The number of nitrogens with zero attached hydrogens (tertiary/aromatic N) is 1. The predicted octanol–water partition coefficient (Wildman–Crippen LogP) is 3.82. The van der Waals surface area contributed by atoms with E-state index in [4.69, 9.17) is 4.74 Å². The van der Waals surface area contributed by atoms with Gasteiger partial charge < -0.3 is 4.74 Å². The molecule has 23 heavy (non-hydrogen) atoms. The first-order valence-corrected chi connectivity index (χ1v) is 8.06. The Hall–Kier alpha value is -2.39. The van der Waals surface area contributed by atoms with E-state index < -0.39 is 0 Å². The zero-order valence-electron chi connectivity index (χ0n) is 13.5. The van der Waals surface area contributed by atoms with E-state index >= 15 is 0 Å². The lowest BCUT2D eigenvalue weighted by molar-refractivity contribution is -0.143. The number of carbonyl (C=O) groups is 1. The highest BCUT2D eigenvalue weighted by Crippen LogP contribution is 2.38. The van der Waals surface area contributed by atoms with Gasteiger partial charge in [0.2, 0.25) is 0 Å². The van der Waals surface area contributed by atoms with E-state index in [1.165, 1.54) is 0 Å². The van der Waals surface area contributed by atoms with Crippen molar-refractivity contribution in [2.24, 2.45) is 0 Å². The van der Waals surface area contributed by atoms with Gasteiger partial charge in [-0.25, -0.2) is 4.79 Å². The number of benzene rings is 2. The molecule has 0 saturated carbocycles. The van der Waals surface area contributed by atoms with Crippen molar-refractivity contribution in [2.45, 2.75) is 20.1 Å². The van der Waals surface area contributed by atoms with Crippen molar-refractivity contribution in [1.29, 1.82) is 0 Å².